The van der Waals surface area contributed by atoms with Crippen LogP contribution in [0, 0.1) is 5.92 Å². The van der Waals surface area contributed by atoms with Crippen LogP contribution in [0.25, 0.3) is 0 Å². The van der Waals surface area contributed by atoms with Crippen molar-refractivity contribution in [2.45, 2.75) is 280 Å². The number of unbranched alkanes of at least 4 members (excludes halogenated alkanes) is 9. The summed E-state index contributed by atoms with van der Waals surface area (Å²) in [7, 11) is 0. The molecule has 0 heterocycles. The van der Waals surface area contributed by atoms with Gasteiger partial charge in [0.05, 0.1) is 0 Å². The van der Waals surface area contributed by atoms with E-state index in [4.69, 9.17) is 38.1 Å². The summed E-state index contributed by atoms with van der Waals surface area (Å²) in [6.07, 6.45) is 13.9. The minimum Gasteiger partial charge on any atom is -0.488 e. The number of halogens is 1. The number of nitrogens with two attached hydrogens (primary N) is 2. The molecule has 484 valence electrons. The first-order chi connectivity index (χ1) is 39.3. The van der Waals surface area contributed by atoms with Crippen LogP contribution in [0.2, 0.25) is 0 Å². The topological polar surface area (TPSA) is 217 Å². The molecule has 0 bridgehead atoms. The summed E-state index contributed by atoms with van der Waals surface area (Å²) in [5, 5.41) is 5.78. The van der Waals surface area contributed by atoms with Gasteiger partial charge in [-0.2, -0.15) is 0 Å². The Balaban J connectivity index is 0.000000646. The second-order valence-electron chi connectivity index (χ2n) is 27.9. The third kappa shape index (κ3) is 41.7. The molecule has 2 amide bonds. The molecule has 6 N–H and O–H groups in total. The molecule has 0 aliphatic heterocycles. The van der Waals surface area contributed by atoms with Crippen molar-refractivity contribution in [2.24, 2.45) is 15.6 Å². The Bertz CT molecular complexity index is 2250. The van der Waals surface area contributed by atoms with Gasteiger partial charge in [0, 0.05) is 25.7 Å². The van der Waals surface area contributed by atoms with Gasteiger partial charge in [-0.15, -0.1) is 0 Å². The summed E-state index contributed by atoms with van der Waals surface area (Å²) in [6, 6.07) is 21.7. The average Bonchev–Trinajstić information content (AvgIpc) is 3.52. The molecule has 0 unspecified atom stereocenters. The molecule has 85 heavy (non-hydrogen) atoms. The summed E-state index contributed by atoms with van der Waals surface area (Å²) < 4.78 is 40.6. The summed E-state index contributed by atoms with van der Waals surface area (Å²) in [5.74, 6) is 1.01. The Labute approximate surface area is 524 Å². The molecular weight excluding hydrogens is 1190 g/mol. The number of ether oxygens (including phenoxy) is 6. The van der Waals surface area contributed by atoms with Crippen molar-refractivity contribution in [1.29, 1.82) is 0 Å². The van der Waals surface area contributed by atoms with Gasteiger partial charge in [0.2, 0.25) is 11.8 Å². The fourth-order valence-corrected chi connectivity index (χ4v) is 9.57. The van der Waals surface area contributed by atoms with Crippen LogP contribution >= 0.6 is 0 Å². The second-order valence-corrected chi connectivity index (χ2v) is 29.6. The summed E-state index contributed by atoms with van der Waals surface area (Å²) in [5.41, 5.74) is 6.01. The first-order valence-electron chi connectivity index (χ1n) is 30.9. The number of esters is 3. The van der Waals surface area contributed by atoms with Crippen molar-refractivity contribution in [3.05, 3.63) is 89.5 Å². The van der Waals surface area contributed by atoms with Gasteiger partial charge in [0.15, 0.2) is 0 Å². The van der Waals surface area contributed by atoms with E-state index in [0.717, 1.165) is 89.7 Å². The molecule has 3 aromatic rings. The molecule has 0 fully saturated rings. The van der Waals surface area contributed by atoms with E-state index in [0.29, 0.717) is 38.6 Å². The van der Waals surface area contributed by atoms with E-state index in [9.17, 15) is 24.0 Å². The zero-order chi connectivity index (χ0) is 64.7. The molecular formula is C69H114IN4O11-. The Morgan fingerprint density at radius 1 is 0.412 bits per heavy atom. The van der Waals surface area contributed by atoms with Gasteiger partial charge in [0.1, 0.15) is 46.0 Å². The maximum atomic E-state index is 12.7. The van der Waals surface area contributed by atoms with Crippen molar-refractivity contribution in [2.75, 3.05) is 11.0 Å². The Morgan fingerprint density at radius 3 is 1.00 bits per heavy atom. The van der Waals surface area contributed by atoms with Gasteiger partial charge in [-0.05, 0) is 144 Å². The van der Waals surface area contributed by atoms with Crippen molar-refractivity contribution in [1.82, 2.24) is 10.6 Å². The molecule has 0 saturated carbocycles. The van der Waals surface area contributed by atoms with Crippen LogP contribution in [-0.2, 0) is 57.4 Å². The first kappa shape index (κ1) is 78.1. The van der Waals surface area contributed by atoms with E-state index in [1.54, 1.807) is 0 Å². The largest absolute Gasteiger partial charge is 0.488 e. The zero-order valence-electron chi connectivity index (χ0n) is 55.9. The number of rotatable bonds is 30. The van der Waals surface area contributed by atoms with E-state index < -0.39 is 62.3 Å². The second kappa shape index (κ2) is 38.4. The molecule has 0 aliphatic carbocycles. The van der Waals surface area contributed by atoms with Crippen LogP contribution in [0.1, 0.15) is 232 Å². The third-order valence-corrected chi connectivity index (χ3v) is 13.4. The summed E-state index contributed by atoms with van der Waals surface area (Å²) in [6.45, 7) is 37.6. The van der Waals surface area contributed by atoms with Crippen LogP contribution in [0.4, 0.5) is 0 Å². The molecule has 3 atom stereocenters. The van der Waals surface area contributed by atoms with Crippen molar-refractivity contribution in [3.63, 3.8) is 0 Å². The smallest absolute Gasteiger partial charge is 0.329 e. The SMILES string of the molecule is CC(C)(C)OC(=O)[C@H](C[I-]N)Cc1ccc(OC(C)(C)C)cc1.CC(C)(C)OC(=O)[C@H](Cc1ccc(OC(C)(C)C)cc1)NC(=O)CCCCCCCN.CCCCCCCCC(=O)N[C@@H](Cc1ccc(OC(C)(C)C)cc1)C(=O)OC(C)(C)C. The summed E-state index contributed by atoms with van der Waals surface area (Å²) in [4.78, 5) is 62.7. The number of carbonyl (C=O) groups excluding carboxylic acids is 5. The molecule has 0 radical (unpaired) electrons. The maximum absolute atomic E-state index is 12.7. The minimum atomic E-state index is -0.724. The number of amides is 2. The summed E-state index contributed by atoms with van der Waals surface area (Å²) >= 11 is -0.458. The predicted octanol–water partition coefficient (Wildman–Crippen LogP) is 10.8. The fraction of sp³-hybridized carbons (Fsp3) is 0.667. The number of alkyl halides is 1. The Morgan fingerprint density at radius 2 is 0.706 bits per heavy atom. The number of hydrogen-bond donors (Lipinski definition) is 4. The predicted molar refractivity (Wildman–Crippen MR) is 340 cm³/mol. The number of carbonyl (C=O) groups is 5. The average molecular weight is 1300 g/mol. The molecule has 3 aromatic carbocycles. The van der Waals surface area contributed by atoms with Crippen LogP contribution in [0.15, 0.2) is 72.8 Å². The molecule has 15 nitrogen and oxygen atoms in total. The molecule has 0 aliphatic rings. The number of benzene rings is 3. The molecule has 0 spiro atoms. The van der Waals surface area contributed by atoms with Crippen molar-refractivity contribution >= 4 is 29.7 Å². The van der Waals surface area contributed by atoms with E-state index >= 15 is 0 Å². The molecule has 3 rings (SSSR count). The standard InChI is InChI=1S/C26H43NO4.C25H42N2O4.C18H29INO3/c1-8-9-10-11-12-13-14-23(28)27-22(24(29)31-26(5,6)7)19-20-15-17-21(18-16-20)30-25(2,3)4;1-24(2,3)30-20-15-13-19(14-16-20)18-21(23(29)31-25(4,5)6)27-22(28)12-10-8-7-9-11-17-26;1-17(2,3)22-15-9-7-13(8-10-15)11-14(12-19-20)16(21)23-18(4,5)6/h15-18,22H,8-14,19H2,1-7H3,(H,27,28);13-16,21H,7-12,17-18,26H2,1-6H3,(H,27,28);7-10,14H,11-12,20H2,1-6H3/q;;-1/t22-;21-;14-/m000/s1. The van der Waals surface area contributed by atoms with E-state index in [-0.39, 0.29) is 40.5 Å². The monoisotopic (exact) mass is 1300 g/mol. The molecule has 16 heteroatoms. The van der Waals surface area contributed by atoms with Gasteiger partial charge in [-0.25, -0.2) is 9.59 Å². The van der Waals surface area contributed by atoms with E-state index in [1.165, 1.54) is 19.3 Å². The van der Waals surface area contributed by atoms with Crippen molar-refractivity contribution in [3.8, 4) is 17.2 Å². The van der Waals surface area contributed by atoms with E-state index in [2.05, 4.69) is 17.6 Å². The van der Waals surface area contributed by atoms with Crippen LogP contribution in [-0.4, -0.2) is 86.4 Å². The minimum absolute atomic E-state index is 0.0981. The normalized spacial score (nSPS) is 13.1. The van der Waals surface area contributed by atoms with Crippen LogP contribution in [0.3, 0.4) is 0 Å². The molecule has 0 aromatic heterocycles. The number of nitrogens with one attached hydrogen (secondary N) is 2. The zero-order valence-corrected chi connectivity index (χ0v) is 58.1. The Kier molecular flexibility index (Phi) is 35.2. The first-order valence-corrected chi connectivity index (χ1v) is 33.7. The van der Waals surface area contributed by atoms with Gasteiger partial charge in [-0.1, -0.05) is 82.6 Å². The fourth-order valence-electron chi connectivity index (χ4n) is 8.28. The van der Waals surface area contributed by atoms with Gasteiger partial charge < -0.3 is 35.3 Å². The van der Waals surface area contributed by atoms with Gasteiger partial charge in [0.25, 0.3) is 0 Å². The number of hydrogen-bond acceptors (Lipinski definition) is 13. The molecule has 0 saturated heterocycles. The van der Waals surface area contributed by atoms with Crippen LogP contribution in [0.5, 0.6) is 17.2 Å². The Hall–Kier alpha value is -4.94. The maximum Gasteiger partial charge on any atom is 0.329 e. The quantitative estimate of drug-likeness (QED) is 0.0122. The third-order valence-electron chi connectivity index (χ3n) is 11.8. The van der Waals surface area contributed by atoms with Gasteiger partial charge in [-0.3, -0.25) is 9.59 Å². The van der Waals surface area contributed by atoms with E-state index in [1.807, 2.05) is 197 Å². The van der Waals surface area contributed by atoms with Crippen LogP contribution < -0.4 is 56.0 Å². The van der Waals surface area contributed by atoms with Crippen molar-refractivity contribution < 1.29 is 73.9 Å². The van der Waals surface area contributed by atoms with Gasteiger partial charge >= 0.3 is 163 Å².